The number of benzene rings is 1. The Morgan fingerprint density at radius 1 is 1.50 bits per heavy atom. The van der Waals surface area contributed by atoms with E-state index in [0.29, 0.717) is 4.90 Å². The lowest BCUT2D eigenvalue weighted by molar-refractivity contribution is 0.533. The lowest BCUT2D eigenvalue weighted by atomic mass is 10.0. The van der Waals surface area contributed by atoms with Gasteiger partial charge in [-0.1, -0.05) is 19.4 Å². The summed E-state index contributed by atoms with van der Waals surface area (Å²) in [6.07, 6.45) is 1.89. The van der Waals surface area contributed by atoms with Crippen LogP contribution in [-0.4, -0.2) is 16.5 Å². The van der Waals surface area contributed by atoms with Gasteiger partial charge in [-0.3, -0.25) is 4.21 Å². The van der Waals surface area contributed by atoms with Gasteiger partial charge in [0.15, 0.2) is 0 Å². The van der Waals surface area contributed by atoms with Crippen molar-refractivity contribution in [1.82, 2.24) is 5.32 Å². The molecule has 0 fully saturated rings. The van der Waals surface area contributed by atoms with Gasteiger partial charge in [0.1, 0.15) is 5.82 Å². The summed E-state index contributed by atoms with van der Waals surface area (Å²) in [5, 5.41) is 3.27. The van der Waals surface area contributed by atoms with Crippen molar-refractivity contribution in [1.29, 1.82) is 0 Å². The van der Waals surface area contributed by atoms with Crippen LogP contribution < -0.4 is 5.32 Å². The summed E-state index contributed by atoms with van der Waals surface area (Å²) >= 11 is 0. The minimum atomic E-state index is -1.08. The molecule has 4 heteroatoms. The molecule has 1 aliphatic heterocycles. The van der Waals surface area contributed by atoms with Crippen LogP contribution in [0.4, 0.5) is 4.39 Å². The molecule has 88 valence electrons. The SMILES string of the molecule is CCCC1C(NC)c2ccc(F)cc2S1=O. The van der Waals surface area contributed by atoms with Gasteiger partial charge in [-0.25, -0.2) is 4.39 Å². The molecule has 1 aliphatic rings. The van der Waals surface area contributed by atoms with Gasteiger partial charge in [-0.05, 0) is 31.2 Å². The first-order valence-electron chi connectivity index (χ1n) is 5.56. The Morgan fingerprint density at radius 3 is 2.88 bits per heavy atom. The molecule has 0 bridgehead atoms. The molecule has 0 saturated heterocycles. The molecular formula is C12H16FNOS. The molecule has 16 heavy (non-hydrogen) atoms. The van der Waals surface area contributed by atoms with Crippen LogP contribution >= 0.6 is 0 Å². The van der Waals surface area contributed by atoms with Crippen LogP contribution in [-0.2, 0) is 10.8 Å². The van der Waals surface area contributed by atoms with Gasteiger partial charge in [0.25, 0.3) is 0 Å². The minimum Gasteiger partial charge on any atom is -0.312 e. The summed E-state index contributed by atoms with van der Waals surface area (Å²) in [7, 11) is 0.786. The van der Waals surface area contributed by atoms with Crippen molar-refractivity contribution in [2.75, 3.05) is 7.05 Å². The Balaban J connectivity index is 2.43. The fourth-order valence-corrected chi connectivity index (χ4v) is 4.29. The summed E-state index contributed by atoms with van der Waals surface area (Å²) in [5.74, 6) is -0.306. The topological polar surface area (TPSA) is 29.1 Å². The Kier molecular flexibility index (Phi) is 3.40. The van der Waals surface area contributed by atoms with Crippen molar-refractivity contribution in [3.8, 4) is 0 Å². The molecule has 2 nitrogen and oxygen atoms in total. The summed E-state index contributed by atoms with van der Waals surface area (Å²) in [4.78, 5) is 0.665. The highest BCUT2D eigenvalue weighted by Gasteiger charge is 2.37. The summed E-state index contributed by atoms with van der Waals surface area (Å²) in [5.41, 5.74) is 0.987. The summed E-state index contributed by atoms with van der Waals surface area (Å²) < 4.78 is 25.3. The fraction of sp³-hybridized carbons (Fsp3) is 0.500. The van der Waals surface area contributed by atoms with Gasteiger partial charge in [-0.15, -0.1) is 0 Å². The van der Waals surface area contributed by atoms with Crippen molar-refractivity contribution < 1.29 is 8.60 Å². The molecule has 1 aromatic rings. The predicted octanol–water partition coefficient (Wildman–Crippen LogP) is 2.38. The Labute approximate surface area is 97.7 Å². The average molecular weight is 241 g/mol. The van der Waals surface area contributed by atoms with E-state index in [4.69, 9.17) is 0 Å². The van der Waals surface area contributed by atoms with Crippen LogP contribution in [0, 0.1) is 5.82 Å². The van der Waals surface area contributed by atoms with Crippen LogP contribution in [0.15, 0.2) is 23.1 Å². The maximum absolute atomic E-state index is 13.1. The van der Waals surface area contributed by atoms with Crippen molar-refractivity contribution in [2.24, 2.45) is 0 Å². The normalized spacial score (nSPS) is 28.1. The third kappa shape index (κ3) is 1.80. The number of hydrogen-bond acceptors (Lipinski definition) is 2. The van der Waals surface area contributed by atoms with Crippen LogP contribution in [0.5, 0.6) is 0 Å². The van der Waals surface area contributed by atoms with E-state index in [1.807, 2.05) is 7.05 Å². The molecule has 0 saturated carbocycles. The quantitative estimate of drug-likeness (QED) is 0.880. The van der Waals surface area contributed by atoms with Gasteiger partial charge in [-0.2, -0.15) is 0 Å². The van der Waals surface area contributed by atoms with Gasteiger partial charge in [0.05, 0.1) is 16.0 Å². The minimum absolute atomic E-state index is 0.0757. The molecule has 0 amide bonds. The standard InChI is InChI=1S/C12H16FNOS/c1-3-4-10-12(14-2)9-6-5-8(13)7-11(9)16(10)15/h5-7,10,12,14H,3-4H2,1-2H3. The number of rotatable bonds is 3. The smallest absolute Gasteiger partial charge is 0.124 e. The number of hydrogen-bond donors (Lipinski definition) is 1. The molecule has 3 unspecified atom stereocenters. The molecule has 0 radical (unpaired) electrons. The van der Waals surface area contributed by atoms with Crippen LogP contribution in [0.25, 0.3) is 0 Å². The molecule has 3 atom stereocenters. The van der Waals surface area contributed by atoms with E-state index in [9.17, 15) is 8.60 Å². The lowest BCUT2D eigenvalue weighted by Gasteiger charge is -2.17. The second kappa shape index (κ2) is 4.63. The van der Waals surface area contributed by atoms with Gasteiger partial charge in [0.2, 0.25) is 0 Å². The molecule has 0 aliphatic carbocycles. The molecule has 1 N–H and O–H groups in total. The Bertz CT molecular complexity index is 421. The van der Waals surface area contributed by atoms with E-state index < -0.39 is 10.8 Å². The van der Waals surface area contributed by atoms with Crippen LogP contribution in [0.1, 0.15) is 31.4 Å². The highest BCUT2D eigenvalue weighted by Crippen LogP contribution is 2.38. The Morgan fingerprint density at radius 2 is 2.25 bits per heavy atom. The van der Waals surface area contributed by atoms with E-state index in [2.05, 4.69) is 12.2 Å². The highest BCUT2D eigenvalue weighted by molar-refractivity contribution is 7.86. The van der Waals surface area contributed by atoms with E-state index in [0.717, 1.165) is 18.4 Å². The fourth-order valence-electron chi connectivity index (χ4n) is 2.33. The third-order valence-electron chi connectivity index (χ3n) is 3.06. The van der Waals surface area contributed by atoms with Crippen LogP contribution in [0.3, 0.4) is 0 Å². The van der Waals surface area contributed by atoms with Gasteiger partial charge < -0.3 is 5.32 Å². The number of fused-ring (bicyclic) bond motifs is 1. The van der Waals surface area contributed by atoms with Gasteiger partial charge in [0, 0.05) is 10.9 Å². The monoisotopic (exact) mass is 241 g/mol. The first kappa shape index (κ1) is 11.7. The maximum atomic E-state index is 13.1. The zero-order valence-electron chi connectivity index (χ0n) is 9.50. The zero-order chi connectivity index (χ0) is 11.7. The van der Waals surface area contributed by atoms with Crippen molar-refractivity contribution in [2.45, 2.75) is 36.0 Å². The largest absolute Gasteiger partial charge is 0.312 e. The summed E-state index contributed by atoms with van der Waals surface area (Å²) in [6.45, 7) is 2.08. The second-order valence-electron chi connectivity index (χ2n) is 4.07. The first-order valence-corrected chi connectivity index (χ1v) is 6.77. The molecule has 2 rings (SSSR count). The highest BCUT2D eigenvalue weighted by atomic mass is 32.2. The van der Waals surface area contributed by atoms with E-state index in [-0.39, 0.29) is 17.1 Å². The van der Waals surface area contributed by atoms with Crippen LogP contribution in [0.2, 0.25) is 0 Å². The van der Waals surface area contributed by atoms with Crippen molar-refractivity contribution >= 4 is 10.8 Å². The van der Waals surface area contributed by atoms with Crippen molar-refractivity contribution in [3.63, 3.8) is 0 Å². The average Bonchev–Trinajstić information content (AvgIpc) is 2.53. The Hall–Kier alpha value is -0.740. The van der Waals surface area contributed by atoms with E-state index in [1.165, 1.54) is 12.1 Å². The van der Waals surface area contributed by atoms with E-state index >= 15 is 0 Å². The lowest BCUT2D eigenvalue weighted by Crippen LogP contribution is -2.26. The van der Waals surface area contributed by atoms with Crippen molar-refractivity contribution in [3.05, 3.63) is 29.6 Å². The molecular weight excluding hydrogens is 225 g/mol. The molecule has 1 aromatic carbocycles. The maximum Gasteiger partial charge on any atom is 0.124 e. The summed E-state index contributed by atoms with van der Waals surface area (Å²) in [6, 6.07) is 4.69. The number of halogens is 1. The first-order chi connectivity index (χ1) is 7.69. The predicted molar refractivity (Wildman–Crippen MR) is 63.3 cm³/mol. The molecule has 1 heterocycles. The van der Waals surface area contributed by atoms with E-state index in [1.54, 1.807) is 6.07 Å². The molecule has 0 aromatic heterocycles. The van der Waals surface area contributed by atoms with Gasteiger partial charge >= 0.3 is 0 Å². The number of nitrogens with one attached hydrogen (secondary N) is 1. The molecule has 0 spiro atoms. The third-order valence-corrected chi connectivity index (χ3v) is 4.90. The zero-order valence-corrected chi connectivity index (χ0v) is 10.3. The second-order valence-corrected chi connectivity index (χ2v) is 5.71.